The molecule has 36 heavy (non-hydrogen) atoms. The zero-order chi connectivity index (χ0) is 26.5. The quantitative estimate of drug-likeness (QED) is 0.184. The van der Waals surface area contributed by atoms with Crippen LogP contribution in [0.1, 0.15) is 114 Å². The minimum absolute atomic E-state index is 0.0134. The predicted molar refractivity (Wildman–Crippen MR) is 143 cm³/mol. The highest BCUT2D eigenvalue weighted by atomic mass is 17.1. The van der Waals surface area contributed by atoms with Crippen LogP contribution in [0.2, 0.25) is 0 Å². The highest BCUT2D eigenvalue weighted by Gasteiger charge is 2.71. The normalized spacial score (nSPS) is 51.5. The van der Waals surface area contributed by atoms with Crippen LogP contribution >= 0.6 is 0 Å². The lowest BCUT2D eigenvalue weighted by Crippen LogP contribution is -2.67. The van der Waals surface area contributed by atoms with Crippen molar-refractivity contribution in [3.05, 3.63) is 11.6 Å². The summed E-state index contributed by atoms with van der Waals surface area (Å²) in [6.07, 6.45) is 11.5. The van der Waals surface area contributed by atoms with Gasteiger partial charge in [-0.3, -0.25) is 10.1 Å². The predicted octanol–water partition coefficient (Wildman–Crippen LogP) is 8.06. The molecule has 4 saturated carbocycles. The summed E-state index contributed by atoms with van der Waals surface area (Å²) in [6.45, 7) is 21.1. The Hall–Kier alpha value is -0.870. The second-order valence-electron chi connectivity index (χ2n) is 15.6. The van der Waals surface area contributed by atoms with E-state index < -0.39 is 0 Å². The summed E-state index contributed by atoms with van der Waals surface area (Å²) in [6, 6.07) is 0. The fourth-order valence-electron chi connectivity index (χ4n) is 11.5. The molecule has 4 heteroatoms. The van der Waals surface area contributed by atoms with E-state index in [2.05, 4.69) is 61.5 Å². The Kier molecular flexibility index (Phi) is 6.17. The Balaban J connectivity index is 1.61. The van der Waals surface area contributed by atoms with Crippen LogP contribution in [-0.2, 0) is 14.4 Å². The first-order valence-electron chi connectivity index (χ1n) is 14.9. The molecule has 0 aromatic rings. The van der Waals surface area contributed by atoms with Gasteiger partial charge in [0.1, 0.15) is 12.2 Å². The Morgan fingerprint density at radius 3 is 2.28 bits per heavy atom. The summed E-state index contributed by atoms with van der Waals surface area (Å²) in [4.78, 5) is 17.4. The van der Waals surface area contributed by atoms with Crippen molar-refractivity contribution in [2.45, 2.75) is 126 Å². The molecule has 10 atom stereocenters. The highest BCUT2D eigenvalue weighted by Crippen LogP contribution is 2.76. The molecule has 5 aliphatic rings. The van der Waals surface area contributed by atoms with Gasteiger partial charge in [-0.25, -0.2) is 4.89 Å². The highest BCUT2D eigenvalue weighted by molar-refractivity contribution is 5.66. The molecule has 0 saturated heterocycles. The number of fused-ring (bicyclic) bond motifs is 7. The standard InChI is InChI=1S/C32H52O4/c1-19(2)21-10-13-29(6)16-17-31(8)22(26(21)29)18-23(36-34)27-30(7)14-12-25(35-20(3)33)28(4,5)24(30)11-15-32(27,31)9/h18-19,21,23-27,34H,10-17H2,1-9H3/t21-,23-,24+,25+,26+,27-,29-,30+,31-,32-/m1/s1. The summed E-state index contributed by atoms with van der Waals surface area (Å²) in [5.41, 5.74) is 2.07. The molecule has 0 aliphatic heterocycles. The molecule has 0 heterocycles. The van der Waals surface area contributed by atoms with Crippen molar-refractivity contribution in [3.8, 4) is 0 Å². The summed E-state index contributed by atoms with van der Waals surface area (Å²) in [7, 11) is 0. The van der Waals surface area contributed by atoms with Gasteiger partial charge in [-0.2, -0.15) is 0 Å². The lowest BCUT2D eigenvalue weighted by Gasteiger charge is -2.71. The minimum atomic E-state index is -0.275. The van der Waals surface area contributed by atoms with Crippen molar-refractivity contribution in [2.75, 3.05) is 0 Å². The number of hydrogen-bond donors (Lipinski definition) is 1. The summed E-state index contributed by atoms with van der Waals surface area (Å²) < 4.78 is 5.88. The van der Waals surface area contributed by atoms with E-state index in [1.165, 1.54) is 32.6 Å². The van der Waals surface area contributed by atoms with Gasteiger partial charge in [0, 0.05) is 18.3 Å². The first-order valence-corrected chi connectivity index (χ1v) is 14.9. The molecule has 4 nitrogen and oxygen atoms in total. The Morgan fingerprint density at radius 1 is 0.972 bits per heavy atom. The monoisotopic (exact) mass is 500 g/mol. The summed E-state index contributed by atoms with van der Waals surface area (Å²) in [5.74, 6) is 2.46. The molecule has 5 rings (SSSR count). The average Bonchev–Trinajstić information content (AvgIpc) is 3.14. The van der Waals surface area contributed by atoms with Crippen LogP contribution < -0.4 is 0 Å². The van der Waals surface area contributed by atoms with Crippen LogP contribution in [0.15, 0.2) is 11.6 Å². The van der Waals surface area contributed by atoms with Gasteiger partial charge in [-0.05, 0) is 96.7 Å². The number of carbonyl (C=O) groups is 1. The molecule has 204 valence electrons. The van der Waals surface area contributed by atoms with E-state index in [0.29, 0.717) is 29.1 Å². The number of hydrogen-bond acceptors (Lipinski definition) is 4. The maximum atomic E-state index is 11.9. The van der Waals surface area contributed by atoms with E-state index in [4.69, 9.17) is 9.62 Å². The molecule has 0 radical (unpaired) electrons. The zero-order valence-electron chi connectivity index (χ0n) is 24.4. The van der Waals surface area contributed by atoms with Crippen LogP contribution in [0, 0.1) is 56.7 Å². The number of rotatable bonds is 3. The zero-order valence-corrected chi connectivity index (χ0v) is 24.4. The molecule has 0 aromatic carbocycles. The van der Waals surface area contributed by atoms with Crippen LogP contribution in [-0.4, -0.2) is 23.4 Å². The van der Waals surface area contributed by atoms with Crippen molar-refractivity contribution >= 4 is 5.97 Å². The number of esters is 1. The summed E-state index contributed by atoms with van der Waals surface area (Å²) in [5, 5.41) is 10.5. The third-order valence-electron chi connectivity index (χ3n) is 13.4. The van der Waals surface area contributed by atoms with Gasteiger partial charge in [0.25, 0.3) is 0 Å². The third-order valence-corrected chi connectivity index (χ3v) is 13.4. The van der Waals surface area contributed by atoms with Gasteiger partial charge in [0.2, 0.25) is 0 Å². The van der Waals surface area contributed by atoms with Crippen LogP contribution in [0.4, 0.5) is 0 Å². The minimum Gasteiger partial charge on any atom is -0.462 e. The third kappa shape index (κ3) is 3.34. The molecule has 0 bridgehead atoms. The maximum absolute atomic E-state index is 11.9. The molecule has 0 aromatic heterocycles. The van der Waals surface area contributed by atoms with Gasteiger partial charge >= 0.3 is 5.97 Å². The Bertz CT molecular complexity index is 936. The van der Waals surface area contributed by atoms with Gasteiger partial charge in [0.15, 0.2) is 0 Å². The summed E-state index contributed by atoms with van der Waals surface area (Å²) >= 11 is 0. The SMILES string of the molecule is CC(=O)O[C@H]1CC[C@]2(C)[C@H]3[C@H](OO)C=C4[C@@H]5[C@@H](C(C)C)CC[C@]5(C)CC[C@@]4(C)[C@]3(C)CC[C@H]2C1(C)C. The van der Waals surface area contributed by atoms with Crippen molar-refractivity contribution < 1.29 is 19.7 Å². The largest absolute Gasteiger partial charge is 0.462 e. The average molecular weight is 501 g/mol. The lowest BCUT2D eigenvalue weighted by atomic mass is 9.34. The molecular formula is C32H52O4. The first kappa shape index (κ1) is 26.7. The number of ether oxygens (including phenoxy) is 1. The molecule has 0 spiro atoms. The molecule has 4 fully saturated rings. The number of allylic oxidation sites excluding steroid dienone is 1. The second kappa shape index (κ2) is 8.31. The van der Waals surface area contributed by atoms with Gasteiger partial charge in [-0.1, -0.05) is 67.0 Å². The molecule has 1 N–H and O–H groups in total. The van der Waals surface area contributed by atoms with E-state index in [0.717, 1.165) is 25.7 Å². The van der Waals surface area contributed by atoms with Gasteiger partial charge in [-0.15, -0.1) is 0 Å². The Morgan fingerprint density at radius 2 is 1.67 bits per heavy atom. The van der Waals surface area contributed by atoms with Crippen molar-refractivity contribution in [1.82, 2.24) is 0 Å². The number of carbonyl (C=O) groups excluding carboxylic acids is 1. The van der Waals surface area contributed by atoms with E-state index >= 15 is 0 Å². The fraction of sp³-hybridized carbons (Fsp3) is 0.906. The van der Waals surface area contributed by atoms with E-state index in [9.17, 15) is 10.1 Å². The fourth-order valence-corrected chi connectivity index (χ4v) is 11.5. The van der Waals surface area contributed by atoms with Gasteiger partial charge < -0.3 is 4.74 Å². The smallest absolute Gasteiger partial charge is 0.302 e. The van der Waals surface area contributed by atoms with E-state index in [1.54, 1.807) is 5.57 Å². The van der Waals surface area contributed by atoms with Gasteiger partial charge in [0.05, 0.1) is 0 Å². The Labute approximate surface area is 219 Å². The molecular weight excluding hydrogens is 448 g/mol. The molecule has 0 unspecified atom stereocenters. The van der Waals surface area contributed by atoms with E-state index in [1.807, 2.05) is 0 Å². The van der Waals surface area contributed by atoms with Crippen molar-refractivity contribution in [1.29, 1.82) is 0 Å². The second-order valence-corrected chi connectivity index (χ2v) is 15.6. The van der Waals surface area contributed by atoms with Crippen LogP contribution in [0.25, 0.3) is 0 Å². The lowest BCUT2D eigenvalue weighted by molar-refractivity contribution is -0.322. The van der Waals surface area contributed by atoms with Crippen molar-refractivity contribution in [3.63, 3.8) is 0 Å². The topological polar surface area (TPSA) is 55.8 Å². The van der Waals surface area contributed by atoms with Crippen LogP contribution in [0.3, 0.4) is 0 Å². The van der Waals surface area contributed by atoms with Crippen LogP contribution in [0.5, 0.6) is 0 Å². The van der Waals surface area contributed by atoms with E-state index in [-0.39, 0.29) is 45.8 Å². The maximum Gasteiger partial charge on any atom is 0.302 e. The first-order chi connectivity index (χ1) is 16.7. The van der Waals surface area contributed by atoms with Crippen molar-refractivity contribution in [2.24, 2.45) is 56.7 Å². The molecule has 0 amide bonds. The molecule has 5 aliphatic carbocycles.